The summed E-state index contributed by atoms with van der Waals surface area (Å²) in [6.07, 6.45) is 1.01. The minimum atomic E-state index is -3.49. The highest BCUT2D eigenvalue weighted by Gasteiger charge is 2.17. The van der Waals surface area contributed by atoms with Crippen LogP contribution in [-0.2, 0) is 14.8 Å². The van der Waals surface area contributed by atoms with Gasteiger partial charge in [-0.15, -0.1) is 0 Å². The fourth-order valence-corrected chi connectivity index (χ4v) is 3.13. The number of rotatable bonds is 6. The summed E-state index contributed by atoms with van der Waals surface area (Å²) in [6.45, 7) is 3.63. The molecular weight excluding hydrogens is 392 g/mol. The predicted octanol–water partition coefficient (Wildman–Crippen LogP) is 3.45. The average molecular weight is 411 g/mol. The Hall–Kier alpha value is -2.58. The molecule has 0 saturated heterocycles. The van der Waals surface area contributed by atoms with Gasteiger partial charge in [-0.3, -0.25) is 9.52 Å². The van der Waals surface area contributed by atoms with Gasteiger partial charge in [-0.1, -0.05) is 17.7 Å². The highest BCUT2D eigenvalue weighted by Crippen LogP contribution is 2.25. The van der Waals surface area contributed by atoms with Gasteiger partial charge in [-0.25, -0.2) is 13.2 Å². The van der Waals surface area contributed by atoms with E-state index in [-0.39, 0.29) is 22.9 Å². The third kappa shape index (κ3) is 5.45. The second kappa shape index (κ2) is 8.41. The SMILES string of the molecule is CCOC(=O)c1cccc(NC(=O)c2cc(NS(C)(=O)=O)ccc2Cl)c1C. The topological polar surface area (TPSA) is 102 Å². The van der Waals surface area contributed by atoms with Gasteiger partial charge in [-0.2, -0.15) is 0 Å². The van der Waals surface area contributed by atoms with Crippen molar-refractivity contribution in [3.8, 4) is 0 Å². The van der Waals surface area contributed by atoms with Crippen molar-refractivity contribution < 1.29 is 22.7 Å². The van der Waals surface area contributed by atoms with Crippen LogP contribution in [0.5, 0.6) is 0 Å². The molecule has 0 radical (unpaired) electrons. The molecule has 1 amide bonds. The van der Waals surface area contributed by atoms with E-state index in [0.29, 0.717) is 16.8 Å². The number of nitrogens with one attached hydrogen (secondary N) is 2. The Bertz CT molecular complexity index is 989. The van der Waals surface area contributed by atoms with Crippen LogP contribution in [0, 0.1) is 6.92 Å². The Morgan fingerprint density at radius 1 is 1.15 bits per heavy atom. The number of halogens is 1. The lowest BCUT2D eigenvalue weighted by Gasteiger charge is -2.13. The number of ether oxygens (including phenoxy) is 1. The van der Waals surface area contributed by atoms with Gasteiger partial charge in [0.2, 0.25) is 10.0 Å². The minimum absolute atomic E-state index is 0.0891. The first-order valence-corrected chi connectivity index (χ1v) is 10.2. The number of anilines is 2. The quantitative estimate of drug-likeness (QED) is 0.710. The molecule has 2 aromatic carbocycles. The van der Waals surface area contributed by atoms with Gasteiger partial charge in [0.1, 0.15) is 0 Å². The smallest absolute Gasteiger partial charge is 0.338 e. The van der Waals surface area contributed by atoms with Crippen LogP contribution in [0.3, 0.4) is 0 Å². The van der Waals surface area contributed by atoms with Crippen molar-refractivity contribution in [2.75, 3.05) is 22.9 Å². The molecule has 2 rings (SSSR count). The standard InChI is InChI=1S/C18H19ClN2O5S/c1-4-26-18(23)13-6-5-7-16(11(13)2)20-17(22)14-10-12(8-9-15(14)19)21-27(3,24)25/h5-10,21H,4H2,1-3H3,(H,20,22). The number of carbonyl (C=O) groups excluding carboxylic acids is 2. The summed E-state index contributed by atoms with van der Waals surface area (Å²) < 4.78 is 30.0. The first-order valence-electron chi connectivity index (χ1n) is 7.97. The Morgan fingerprint density at radius 2 is 1.85 bits per heavy atom. The molecule has 27 heavy (non-hydrogen) atoms. The van der Waals surface area contributed by atoms with Crippen molar-refractivity contribution >= 4 is 44.9 Å². The van der Waals surface area contributed by atoms with Gasteiger partial charge in [0.15, 0.2) is 0 Å². The van der Waals surface area contributed by atoms with Crippen molar-refractivity contribution in [2.45, 2.75) is 13.8 Å². The molecule has 9 heteroatoms. The van der Waals surface area contributed by atoms with E-state index in [2.05, 4.69) is 10.0 Å². The lowest BCUT2D eigenvalue weighted by molar-refractivity contribution is 0.0525. The molecule has 0 unspecified atom stereocenters. The van der Waals surface area contributed by atoms with Crippen LogP contribution in [0.4, 0.5) is 11.4 Å². The third-order valence-corrected chi connectivity index (χ3v) is 4.53. The maximum absolute atomic E-state index is 12.6. The van der Waals surface area contributed by atoms with Crippen LogP contribution in [0.15, 0.2) is 36.4 Å². The van der Waals surface area contributed by atoms with Crippen molar-refractivity contribution in [3.05, 3.63) is 58.1 Å². The molecule has 7 nitrogen and oxygen atoms in total. The number of hydrogen-bond donors (Lipinski definition) is 2. The highest BCUT2D eigenvalue weighted by atomic mass is 35.5. The molecule has 0 aliphatic carbocycles. The van der Waals surface area contributed by atoms with Crippen LogP contribution in [0.2, 0.25) is 5.02 Å². The van der Waals surface area contributed by atoms with E-state index in [1.807, 2.05) is 0 Å². The molecule has 0 aliphatic rings. The highest BCUT2D eigenvalue weighted by molar-refractivity contribution is 7.92. The fraction of sp³-hybridized carbons (Fsp3) is 0.222. The zero-order valence-electron chi connectivity index (χ0n) is 15.0. The van der Waals surface area contributed by atoms with Crippen LogP contribution in [-0.4, -0.2) is 33.2 Å². The molecule has 0 spiro atoms. The molecule has 0 aliphatic heterocycles. The molecule has 2 aromatic rings. The second-order valence-corrected chi connectivity index (χ2v) is 7.88. The minimum Gasteiger partial charge on any atom is -0.462 e. The molecule has 0 heterocycles. The zero-order valence-corrected chi connectivity index (χ0v) is 16.6. The van der Waals surface area contributed by atoms with E-state index in [1.54, 1.807) is 32.0 Å². The molecule has 0 saturated carbocycles. The molecule has 144 valence electrons. The third-order valence-electron chi connectivity index (χ3n) is 3.59. The van der Waals surface area contributed by atoms with Crippen molar-refractivity contribution in [2.24, 2.45) is 0 Å². The molecular formula is C18H19ClN2O5S. The zero-order chi connectivity index (χ0) is 20.2. The number of hydrogen-bond acceptors (Lipinski definition) is 5. The summed E-state index contributed by atoms with van der Waals surface area (Å²) in [5.41, 5.74) is 1.61. The molecule has 0 bridgehead atoms. The summed E-state index contributed by atoms with van der Waals surface area (Å²) in [6, 6.07) is 9.08. The Balaban J connectivity index is 2.31. The first-order chi connectivity index (χ1) is 12.6. The predicted molar refractivity (Wildman–Crippen MR) is 105 cm³/mol. The van der Waals surface area contributed by atoms with E-state index in [0.717, 1.165) is 6.26 Å². The summed E-state index contributed by atoms with van der Waals surface area (Å²) >= 11 is 6.08. The fourth-order valence-electron chi connectivity index (χ4n) is 2.37. The molecule has 0 atom stereocenters. The van der Waals surface area contributed by atoms with Gasteiger partial charge in [0.25, 0.3) is 5.91 Å². The Kier molecular flexibility index (Phi) is 6.45. The van der Waals surface area contributed by atoms with Gasteiger partial charge < -0.3 is 10.1 Å². The lowest BCUT2D eigenvalue weighted by atomic mass is 10.1. The van der Waals surface area contributed by atoms with Gasteiger partial charge in [-0.05, 0) is 49.7 Å². The van der Waals surface area contributed by atoms with E-state index < -0.39 is 21.9 Å². The van der Waals surface area contributed by atoms with Gasteiger partial charge >= 0.3 is 5.97 Å². The normalized spacial score (nSPS) is 11.0. The van der Waals surface area contributed by atoms with Crippen LogP contribution >= 0.6 is 11.6 Å². The van der Waals surface area contributed by atoms with Crippen LogP contribution < -0.4 is 10.0 Å². The summed E-state index contributed by atoms with van der Waals surface area (Å²) in [7, 11) is -3.49. The van der Waals surface area contributed by atoms with E-state index >= 15 is 0 Å². The van der Waals surface area contributed by atoms with Crippen molar-refractivity contribution in [3.63, 3.8) is 0 Å². The van der Waals surface area contributed by atoms with Gasteiger partial charge in [0.05, 0.1) is 29.0 Å². The second-order valence-electron chi connectivity index (χ2n) is 5.72. The lowest BCUT2D eigenvalue weighted by Crippen LogP contribution is -2.16. The van der Waals surface area contributed by atoms with Gasteiger partial charge in [0, 0.05) is 11.4 Å². The number of amides is 1. The van der Waals surface area contributed by atoms with E-state index in [9.17, 15) is 18.0 Å². The molecule has 2 N–H and O–H groups in total. The average Bonchev–Trinajstić information content (AvgIpc) is 2.57. The maximum Gasteiger partial charge on any atom is 0.338 e. The largest absolute Gasteiger partial charge is 0.462 e. The first kappa shape index (κ1) is 20.7. The van der Waals surface area contributed by atoms with E-state index in [1.165, 1.54) is 18.2 Å². The number of benzene rings is 2. The molecule has 0 fully saturated rings. The molecule has 0 aromatic heterocycles. The van der Waals surface area contributed by atoms with Crippen LogP contribution in [0.25, 0.3) is 0 Å². The summed E-state index contributed by atoms with van der Waals surface area (Å²) in [5.74, 6) is -1.02. The van der Waals surface area contributed by atoms with E-state index in [4.69, 9.17) is 16.3 Å². The van der Waals surface area contributed by atoms with Crippen LogP contribution in [0.1, 0.15) is 33.2 Å². The monoisotopic (exact) mass is 410 g/mol. The number of sulfonamides is 1. The summed E-state index contributed by atoms with van der Waals surface area (Å²) in [4.78, 5) is 24.6. The Labute approximate surface area is 162 Å². The van der Waals surface area contributed by atoms with Crippen molar-refractivity contribution in [1.29, 1.82) is 0 Å². The number of esters is 1. The Morgan fingerprint density at radius 3 is 2.48 bits per heavy atom. The van der Waals surface area contributed by atoms with Crippen molar-refractivity contribution in [1.82, 2.24) is 0 Å². The maximum atomic E-state index is 12.6. The summed E-state index contributed by atoms with van der Waals surface area (Å²) in [5, 5.41) is 2.84. The number of carbonyl (C=O) groups is 2.